The van der Waals surface area contributed by atoms with Crippen LogP contribution in [0, 0.1) is 0 Å². The fourth-order valence-electron chi connectivity index (χ4n) is 1.51. The van der Waals surface area contributed by atoms with Crippen LogP contribution in [0.15, 0.2) is 5.10 Å². The summed E-state index contributed by atoms with van der Waals surface area (Å²) in [5, 5.41) is 22.1. The van der Waals surface area contributed by atoms with E-state index in [1.807, 2.05) is 0 Å². The average molecular weight is 218 g/mol. The van der Waals surface area contributed by atoms with Crippen molar-refractivity contribution in [1.82, 2.24) is 5.43 Å². The van der Waals surface area contributed by atoms with Crippen LogP contribution in [0.4, 0.5) is 0 Å². The molecule has 0 aliphatic carbocycles. The lowest BCUT2D eigenvalue weighted by molar-refractivity contribution is -0.121. The third kappa shape index (κ3) is 3.63. The van der Waals surface area contributed by atoms with Gasteiger partial charge in [-0.3, -0.25) is 0 Å². The Morgan fingerprint density at radius 2 is 2.20 bits per heavy atom. The Labute approximate surface area is 88.1 Å². The number of aliphatic hydroxyl groups is 2. The van der Waals surface area contributed by atoms with Gasteiger partial charge < -0.3 is 26.2 Å². The zero-order valence-electron chi connectivity index (χ0n) is 8.47. The molecule has 1 fully saturated rings. The van der Waals surface area contributed by atoms with Crippen molar-refractivity contribution in [2.75, 3.05) is 6.61 Å². The Morgan fingerprint density at radius 3 is 2.73 bits per heavy atom. The number of hydrazone groups is 1. The maximum absolute atomic E-state index is 9.40. The fourth-order valence-corrected chi connectivity index (χ4v) is 1.51. The van der Waals surface area contributed by atoms with E-state index in [9.17, 15) is 10.2 Å². The van der Waals surface area contributed by atoms with Gasteiger partial charge in [-0.15, -0.1) is 0 Å². The van der Waals surface area contributed by atoms with Gasteiger partial charge in [0.15, 0.2) is 0 Å². The predicted octanol–water partition coefficient (Wildman–Crippen LogP) is -1.99. The quantitative estimate of drug-likeness (QED) is 0.162. The molecule has 1 rings (SSSR count). The number of ether oxygens (including phenoxy) is 1. The average Bonchev–Trinajstić information content (AvgIpc) is 2.24. The Kier molecular flexibility index (Phi) is 4.76. The molecule has 88 valence electrons. The van der Waals surface area contributed by atoms with Crippen molar-refractivity contribution < 1.29 is 14.9 Å². The van der Waals surface area contributed by atoms with Crippen molar-refractivity contribution in [3.63, 3.8) is 0 Å². The smallest absolute Gasteiger partial charge is 0.135 e. The molecule has 0 amide bonds. The van der Waals surface area contributed by atoms with Crippen molar-refractivity contribution in [3.8, 4) is 0 Å². The van der Waals surface area contributed by atoms with Crippen LogP contribution in [0.25, 0.3) is 0 Å². The molecule has 1 aliphatic heterocycles. The van der Waals surface area contributed by atoms with E-state index >= 15 is 0 Å². The maximum atomic E-state index is 9.40. The summed E-state index contributed by atoms with van der Waals surface area (Å²) in [7, 11) is 0. The molecule has 0 aromatic carbocycles. The molecule has 1 heterocycles. The molecule has 15 heavy (non-hydrogen) atoms. The molecule has 1 saturated heterocycles. The molecule has 1 aliphatic rings. The van der Waals surface area contributed by atoms with Gasteiger partial charge >= 0.3 is 0 Å². The van der Waals surface area contributed by atoms with Gasteiger partial charge in [-0.05, 0) is 6.42 Å². The molecule has 7 heteroatoms. The highest BCUT2D eigenvalue weighted by atomic mass is 16.5. The van der Waals surface area contributed by atoms with E-state index in [1.54, 1.807) is 0 Å². The van der Waals surface area contributed by atoms with Crippen molar-refractivity contribution in [2.24, 2.45) is 16.8 Å². The summed E-state index contributed by atoms with van der Waals surface area (Å²) in [5.41, 5.74) is 2.37. The summed E-state index contributed by atoms with van der Waals surface area (Å²) < 4.78 is 5.33. The Balaban J connectivity index is 2.28. The van der Waals surface area contributed by atoms with E-state index in [2.05, 4.69) is 10.5 Å². The number of nitrogens with two attached hydrogens (primary N) is 2. The van der Waals surface area contributed by atoms with E-state index < -0.39 is 12.2 Å². The first-order valence-electron chi connectivity index (χ1n) is 4.88. The largest absolute Gasteiger partial charge is 0.390 e. The van der Waals surface area contributed by atoms with Crippen LogP contribution in [-0.4, -0.2) is 41.0 Å². The minimum Gasteiger partial charge on any atom is -0.390 e. The van der Waals surface area contributed by atoms with Crippen LogP contribution < -0.4 is 17.1 Å². The maximum Gasteiger partial charge on any atom is 0.135 e. The monoisotopic (exact) mass is 218 g/mol. The van der Waals surface area contributed by atoms with E-state index in [4.69, 9.17) is 16.4 Å². The molecule has 0 bridgehead atoms. The van der Waals surface area contributed by atoms with E-state index in [1.165, 1.54) is 0 Å². The third-order valence-corrected chi connectivity index (χ3v) is 2.48. The lowest BCUT2D eigenvalue weighted by Crippen LogP contribution is -2.41. The van der Waals surface area contributed by atoms with E-state index in [0.717, 1.165) is 0 Å². The Morgan fingerprint density at radius 1 is 1.47 bits per heavy atom. The highest BCUT2D eigenvalue weighted by molar-refractivity contribution is 5.81. The number of rotatable bonds is 3. The van der Waals surface area contributed by atoms with Gasteiger partial charge in [-0.25, -0.2) is 5.84 Å². The molecule has 3 atom stereocenters. The lowest BCUT2D eigenvalue weighted by Gasteiger charge is -2.30. The minimum atomic E-state index is -0.781. The summed E-state index contributed by atoms with van der Waals surface area (Å²) in [6, 6.07) is 0. The number of nitrogens with zero attached hydrogens (tertiary/aromatic N) is 1. The van der Waals surface area contributed by atoms with Gasteiger partial charge in [0.25, 0.3) is 0 Å². The highest BCUT2D eigenvalue weighted by Gasteiger charge is 2.28. The number of amidine groups is 1. The van der Waals surface area contributed by atoms with Gasteiger partial charge in [-0.2, -0.15) is 5.10 Å². The molecule has 3 unspecified atom stereocenters. The van der Waals surface area contributed by atoms with Crippen LogP contribution in [0.3, 0.4) is 0 Å². The first-order chi connectivity index (χ1) is 7.17. The molecule has 0 aromatic heterocycles. The molecule has 0 aromatic rings. The van der Waals surface area contributed by atoms with Crippen LogP contribution in [0.1, 0.15) is 19.3 Å². The summed E-state index contributed by atoms with van der Waals surface area (Å²) in [6.45, 7) is 0.164. The van der Waals surface area contributed by atoms with Gasteiger partial charge in [0.05, 0.1) is 18.8 Å². The minimum absolute atomic E-state index is 0.0894. The second kappa shape index (κ2) is 5.86. The second-order valence-electron chi connectivity index (χ2n) is 3.58. The van der Waals surface area contributed by atoms with Gasteiger partial charge in [0, 0.05) is 12.8 Å². The number of hydrogen-bond donors (Lipinski definition) is 5. The van der Waals surface area contributed by atoms with Gasteiger partial charge in [-0.1, -0.05) is 0 Å². The van der Waals surface area contributed by atoms with Crippen LogP contribution in [0.2, 0.25) is 0 Å². The lowest BCUT2D eigenvalue weighted by atomic mass is 10.0. The van der Waals surface area contributed by atoms with Crippen LogP contribution in [-0.2, 0) is 4.74 Å². The second-order valence-corrected chi connectivity index (χ2v) is 3.58. The third-order valence-electron chi connectivity index (χ3n) is 2.48. The van der Waals surface area contributed by atoms with Crippen molar-refractivity contribution in [3.05, 3.63) is 0 Å². The van der Waals surface area contributed by atoms with E-state index in [0.29, 0.717) is 25.1 Å². The summed E-state index contributed by atoms with van der Waals surface area (Å²) in [5.74, 6) is 10.7. The first-order valence-corrected chi connectivity index (χ1v) is 4.88. The fraction of sp³-hybridized carbons (Fsp3) is 0.875. The molecule has 7 nitrogen and oxygen atoms in total. The SMILES string of the molecule is N/N=C(/CCC1CC(O)C(O)CO1)NN. The van der Waals surface area contributed by atoms with E-state index in [-0.39, 0.29) is 12.7 Å². The van der Waals surface area contributed by atoms with Crippen LogP contribution in [0.5, 0.6) is 0 Å². The standard InChI is InChI=1S/C8H18N4O3/c9-11-8(12-10)2-1-5-3-6(13)7(14)4-15-5/h5-7,13-14H,1-4,9-10H2,(H,11,12). The zero-order chi connectivity index (χ0) is 11.3. The molecule has 0 spiro atoms. The highest BCUT2D eigenvalue weighted by Crippen LogP contribution is 2.18. The summed E-state index contributed by atoms with van der Waals surface area (Å²) in [6.07, 6.45) is 0.0477. The Hall–Kier alpha value is -0.890. The molecule has 0 radical (unpaired) electrons. The van der Waals surface area contributed by atoms with Gasteiger partial charge in [0.1, 0.15) is 11.9 Å². The Bertz CT molecular complexity index is 224. The normalized spacial score (nSPS) is 32.7. The molecular weight excluding hydrogens is 200 g/mol. The number of hydrogen-bond acceptors (Lipinski definition) is 6. The summed E-state index contributed by atoms with van der Waals surface area (Å²) in [4.78, 5) is 0. The number of aliphatic hydroxyl groups excluding tert-OH is 2. The molecule has 7 N–H and O–H groups in total. The summed E-state index contributed by atoms with van der Waals surface area (Å²) >= 11 is 0. The molecular formula is C8H18N4O3. The predicted molar refractivity (Wildman–Crippen MR) is 54.6 cm³/mol. The van der Waals surface area contributed by atoms with Gasteiger partial charge in [0.2, 0.25) is 0 Å². The molecule has 0 saturated carbocycles. The number of nitrogens with one attached hydrogen (secondary N) is 1. The zero-order valence-corrected chi connectivity index (χ0v) is 8.47. The van der Waals surface area contributed by atoms with Crippen molar-refractivity contribution >= 4 is 5.84 Å². The number of hydrazine groups is 1. The van der Waals surface area contributed by atoms with Crippen molar-refractivity contribution in [1.29, 1.82) is 0 Å². The van der Waals surface area contributed by atoms with Crippen LogP contribution >= 0.6 is 0 Å². The topological polar surface area (TPSA) is 126 Å². The van der Waals surface area contributed by atoms with Crippen molar-refractivity contribution in [2.45, 2.75) is 37.6 Å². The first kappa shape index (κ1) is 12.2.